The summed E-state index contributed by atoms with van der Waals surface area (Å²) in [5, 5.41) is 9.24. The SMILES string of the molecule is O=S(=O)(c1cc(F)ccc1CO)N1CC2CCC1C2. The van der Waals surface area contributed by atoms with Crippen molar-refractivity contribution < 1.29 is 17.9 Å². The topological polar surface area (TPSA) is 57.6 Å². The van der Waals surface area contributed by atoms with Crippen LogP contribution in [0.25, 0.3) is 0 Å². The molecule has 6 heteroatoms. The van der Waals surface area contributed by atoms with E-state index >= 15 is 0 Å². The van der Waals surface area contributed by atoms with Crippen molar-refractivity contribution in [2.45, 2.75) is 36.8 Å². The highest BCUT2D eigenvalue weighted by molar-refractivity contribution is 7.89. The molecule has 1 aliphatic heterocycles. The molecule has 1 aromatic carbocycles. The van der Waals surface area contributed by atoms with Gasteiger partial charge in [0.15, 0.2) is 0 Å². The Bertz CT molecular complexity index is 602. The van der Waals surface area contributed by atoms with Crippen molar-refractivity contribution >= 4 is 10.0 Å². The maximum absolute atomic E-state index is 13.3. The zero-order valence-electron chi connectivity index (χ0n) is 10.4. The van der Waals surface area contributed by atoms with E-state index in [1.165, 1.54) is 16.4 Å². The summed E-state index contributed by atoms with van der Waals surface area (Å²) in [6.07, 6.45) is 2.86. The molecule has 2 bridgehead atoms. The van der Waals surface area contributed by atoms with E-state index in [1.807, 2.05) is 0 Å². The number of aliphatic hydroxyl groups excluding tert-OH is 1. The molecule has 2 unspecified atom stereocenters. The van der Waals surface area contributed by atoms with Gasteiger partial charge in [-0.15, -0.1) is 0 Å². The van der Waals surface area contributed by atoms with E-state index in [0.29, 0.717) is 12.5 Å². The fourth-order valence-electron chi connectivity index (χ4n) is 3.20. The monoisotopic (exact) mass is 285 g/mol. The van der Waals surface area contributed by atoms with Gasteiger partial charge in [0.25, 0.3) is 0 Å². The molecule has 1 saturated carbocycles. The molecule has 3 rings (SSSR count). The van der Waals surface area contributed by atoms with Gasteiger partial charge in [-0.1, -0.05) is 6.07 Å². The number of aliphatic hydroxyl groups is 1. The minimum absolute atomic E-state index is 0.0461. The lowest BCUT2D eigenvalue weighted by Gasteiger charge is -2.26. The van der Waals surface area contributed by atoms with Crippen molar-refractivity contribution in [3.63, 3.8) is 0 Å². The average Bonchev–Trinajstić information content (AvgIpc) is 3.01. The van der Waals surface area contributed by atoms with Crippen LogP contribution in [0.15, 0.2) is 23.1 Å². The Morgan fingerprint density at radius 1 is 1.37 bits per heavy atom. The third-order valence-electron chi connectivity index (χ3n) is 4.15. The van der Waals surface area contributed by atoms with Crippen LogP contribution in [0.3, 0.4) is 0 Å². The molecule has 0 aromatic heterocycles. The first-order valence-electron chi connectivity index (χ1n) is 6.43. The summed E-state index contributed by atoms with van der Waals surface area (Å²) in [5.41, 5.74) is 0.254. The molecule has 1 aliphatic carbocycles. The Morgan fingerprint density at radius 3 is 2.74 bits per heavy atom. The molecule has 19 heavy (non-hydrogen) atoms. The van der Waals surface area contributed by atoms with Gasteiger partial charge in [-0.05, 0) is 42.9 Å². The fraction of sp³-hybridized carbons (Fsp3) is 0.538. The summed E-state index contributed by atoms with van der Waals surface area (Å²) in [4.78, 5) is -0.0949. The second-order valence-electron chi connectivity index (χ2n) is 5.32. The summed E-state index contributed by atoms with van der Waals surface area (Å²) in [5.74, 6) is -0.161. The molecule has 104 valence electrons. The molecule has 1 N–H and O–H groups in total. The average molecular weight is 285 g/mol. The Labute approximate surface area is 111 Å². The van der Waals surface area contributed by atoms with Crippen LogP contribution in [0.5, 0.6) is 0 Å². The fourth-order valence-corrected chi connectivity index (χ4v) is 5.17. The van der Waals surface area contributed by atoms with Gasteiger partial charge in [-0.3, -0.25) is 0 Å². The van der Waals surface area contributed by atoms with Crippen molar-refractivity contribution in [2.24, 2.45) is 5.92 Å². The van der Waals surface area contributed by atoms with Crippen LogP contribution in [-0.4, -0.2) is 30.4 Å². The highest BCUT2D eigenvalue weighted by atomic mass is 32.2. The van der Waals surface area contributed by atoms with Crippen LogP contribution in [0.1, 0.15) is 24.8 Å². The molecule has 2 aliphatic rings. The van der Waals surface area contributed by atoms with E-state index < -0.39 is 22.4 Å². The minimum Gasteiger partial charge on any atom is -0.392 e. The van der Waals surface area contributed by atoms with E-state index in [9.17, 15) is 17.9 Å². The molecule has 0 radical (unpaired) electrons. The smallest absolute Gasteiger partial charge is 0.243 e. The lowest BCUT2D eigenvalue weighted by atomic mass is 10.1. The lowest BCUT2D eigenvalue weighted by molar-refractivity contribution is 0.277. The van der Waals surface area contributed by atoms with Crippen LogP contribution < -0.4 is 0 Å². The highest BCUT2D eigenvalue weighted by Crippen LogP contribution is 2.40. The third-order valence-corrected chi connectivity index (χ3v) is 6.15. The number of nitrogens with zero attached hydrogens (tertiary/aromatic N) is 1. The zero-order valence-corrected chi connectivity index (χ0v) is 11.2. The van der Waals surface area contributed by atoms with Gasteiger partial charge in [-0.2, -0.15) is 4.31 Å². The number of halogens is 1. The largest absolute Gasteiger partial charge is 0.392 e. The van der Waals surface area contributed by atoms with Gasteiger partial charge in [0.1, 0.15) is 5.82 Å². The van der Waals surface area contributed by atoms with E-state index in [-0.39, 0.29) is 16.5 Å². The first kappa shape index (κ1) is 13.0. The first-order chi connectivity index (χ1) is 9.02. The van der Waals surface area contributed by atoms with Crippen molar-refractivity contribution in [3.8, 4) is 0 Å². The number of benzene rings is 1. The van der Waals surface area contributed by atoms with E-state index in [0.717, 1.165) is 25.3 Å². The van der Waals surface area contributed by atoms with Crippen molar-refractivity contribution in [2.75, 3.05) is 6.54 Å². The number of hydrogen-bond donors (Lipinski definition) is 1. The Balaban J connectivity index is 2.03. The summed E-state index contributed by atoms with van der Waals surface area (Å²) in [7, 11) is -3.70. The standard InChI is InChI=1S/C13H16FNO3S/c14-11-3-2-10(8-16)13(6-11)19(17,18)15-7-9-1-4-12(15)5-9/h2-3,6,9,12,16H,1,4-5,7-8H2. The summed E-state index contributed by atoms with van der Waals surface area (Å²) < 4.78 is 40.0. The first-order valence-corrected chi connectivity index (χ1v) is 7.87. The van der Waals surface area contributed by atoms with Crippen molar-refractivity contribution in [1.82, 2.24) is 4.31 Å². The van der Waals surface area contributed by atoms with Crippen LogP contribution in [0.2, 0.25) is 0 Å². The van der Waals surface area contributed by atoms with Gasteiger partial charge >= 0.3 is 0 Å². The number of fused-ring (bicyclic) bond motifs is 2. The zero-order chi connectivity index (χ0) is 13.6. The molecular weight excluding hydrogens is 269 g/mol. The second-order valence-corrected chi connectivity index (χ2v) is 7.18. The van der Waals surface area contributed by atoms with E-state index in [2.05, 4.69) is 0 Å². The van der Waals surface area contributed by atoms with Gasteiger partial charge in [0.2, 0.25) is 10.0 Å². The molecule has 0 spiro atoms. The maximum atomic E-state index is 13.3. The normalized spacial score (nSPS) is 27.1. The quantitative estimate of drug-likeness (QED) is 0.915. The molecular formula is C13H16FNO3S. The van der Waals surface area contributed by atoms with Crippen molar-refractivity contribution in [1.29, 1.82) is 0 Å². The predicted molar refractivity (Wildman–Crippen MR) is 67.3 cm³/mol. The van der Waals surface area contributed by atoms with Crippen LogP contribution in [0, 0.1) is 11.7 Å². The Morgan fingerprint density at radius 2 is 2.16 bits per heavy atom. The molecule has 1 aromatic rings. The third kappa shape index (κ3) is 2.07. The molecule has 1 heterocycles. The second kappa shape index (κ2) is 4.54. The van der Waals surface area contributed by atoms with Gasteiger partial charge in [0.05, 0.1) is 11.5 Å². The van der Waals surface area contributed by atoms with E-state index in [4.69, 9.17) is 0 Å². The molecule has 4 nitrogen and oxygen atoms in total. The van der Waals surface area contributed by atoms with Gasteiger partial charge in [0, 0.05) is 12.6 Å². The maximum Gasteiger partial charge on any atom is 0.243 e. The van der Waals surface area contributed by atoms with Crippen molar-refractivity contribution in [3.05, 3.63) is 29.6 Å². The number of piperidine rings is 1. The van der Waals surface area contributed by atoms with Gasteiger partial charge in [-0.25, -0.2) is 12.8 Å². The highest BCUT2D eigenvalue weighted by Gasteiger charge is 2.44. The molecule has 0 amide bonds. The predicted octanol–water partition coefficient (Wildman–Crippen LogP) is 1.49. The Hall–Kier alpha value is -0.980. The van der Waals surface area contributed by atoms with Gasteiger partial charge < -0.3 is 5.11 Å². The molecule has 2 fully saturated rings. The Kier molecular flexibility index (Phi) is 3.11. The summed E-state index contributed by atoms with van der Waals surface area (Å²) in [6, 6.07) is 3.55. The lowest BCUT2D eigenvalue weighted by Crippen LogP contribution is -2.38. The van der Waals surface area contributed by atoms with E-state index in [1.54, 1.807) is 0 Å². The van der Waals surface area contributed by atoms with Crippen LogP contribution in [0.4, 0.5) is 4.39 Å². The molecule has 1 saturated heterocycles. The number of hydrogen-bond acceptors (Lipinski definition) is 3. The molecule has 2 atom stereocenters. The number of sulfonamides is 1. The summed E-state index contributed by atoms with van der Waals surface area (Å²) >= 11 is 0. The van der Waals surface area contributed by atoms with Crippen LogP contribution in [-0.2, 0) is 16.6 Å². The minimum atomic E-state index is -3.70. The summed E-state index contributed by atoms with van der Waals surface area (Å²) in [6.45, 7) is 0.116. The number of rotatable bonds is 3. The van der Waals surface area contributed by atoms with Crippen LogP contribution >= 0.6 is 0 Å².